The fourth-order valence-electron chi connectivity index (χ4n) is 3.52. The van der Waals surface area contributed by atoms with Crippen molar-refractivity contribution in [3.63, 3.8) is 0 Å². The molecule has 2 unspecified atom stereocenters. The van der Waals surface area contributed by atoms with E-state index in [-0.39, 0.29) is 19.0 Å². The van der Waals surface area contributed by atoms with Crippen LogP contribution in [0, 0.1) is 0 Å². The van der Waals surface area contributed by atoms with Crippen LogP contribution in [0.3, 0.4) is 0 Å². The van der Waals surface area contributed by atoms with Crippen LogP contribution in [-0.2, 0) is 14.3 Å². The highest BCUT2D eigenvalue weighted by Crippen LogP contribution is 2.27. The maximum absolute atomic E-state index is 12.7. The van der Waals surface area contributed by atoms with Crippen molar-refractivity contribution in [1.82, 2.24) is 4.90 Å². The summed E-state index contributed by atoms with van der Waals surface area (Å²) in [5.74, 6) is -2.56. The van der Waals surface area contributed by atoms with Gasteiger partial charge in [0.05, 0.1) is 13.2 Å². The number of morpholine rings is 1. The van der Waals surface area contributed by atoms with Crippen molar-refractivity contribution in [3.8, 4) is 0 Å². The lowest BCUT2D eigenvalue weighted by Gasteiger charge is -2.35. The Morgan fingerprint density at radius 3 is 2.52 bits per heavy atom. The third-order valence-corrected chi connectivity index (χ3v) is 4.89. The minimum absolute atomic E-state index is 0.0652. The molecule has 2 atom stereocenters. The molecule has 2 fully saturated rings. The first-order valence-electron chi connectivity index (χ1n) is 8.90. The van der Waals surface area contributed by atoms with Gasteiger partial charge < -0.3 is 19.9 Å². The predicted molar refractivity (Wildman–Crippen MR) is 93.5 cm³/mol. The van der Waals surface area contributed by atoms with Gasteiger partial charge in [0.25, 0.3) is 0 Å². The van der Waals surface area contributed by atoms with Crippen LogP contribution in [0.5, 0.6) is 0 Å². The molecule has 0 saturated carbocycles. The van der Waals surface area contributed by atoms with E-state index in [1.54, 1.807) is 12.1 Å². The molecule has 1 aromatic carbocycles. The lowest BCUT2D eigenvalue weighted by atomic mass is 10.1. The first-order valence-corrected chi connectivity index (χ1v) is 8.90. The van der Waals surface area contributed by atoms with Crippen LogP contribution in [0.25, 0.3) is 0 Å². The molecule has 0 aromatic heterocycles. The van der Waals surface area contributed by atoms with Crippen LogP contribution in [0.4, 0.5) is 24.5 Å². The lowest BCUT2D eigenvalue weighted by molar-refractivity contribution is -0.186. The Bertz CT molecular complexity index is 693. The number of carbonyl (C=O) groups excluding carboxylic acids is 2. The van der Waals surface area contributed by atoms with Gasteiger partial charge in [-0.05, 0) is 44.0 Å². The second-order valence-electron chi connectivity index (χ2n) is 6.81. The number of carbonyl (C=O) groups is 2. The number of hydrogen-bond acceptors (Lipinski definition) is 4. The zero-order valence-electron chi connectivity index (χ0n) is 15.0. The fraction of sp³-hybridized carbons (Fsp3) is 0.556. The van der Waals surface area contributed by atoms with Gasteiger partial charge >= 0.3 is 12.1 Å². The van der Waals surface area contributed by atoms with Gasteiger partial charge in [0, 0.05) is 30.5 Å². The molecule has 0 radical (unpaired) electrons. The number of amides is 2. The van der Waals surface area contributed by atoms with Crippen molar-refractivity contribution >= 4 is 23.2 Å². The molecule has 6 nitrogen and oxygen atoms in total. The van der Waals surface area contributed by atoms with Gasteiger partial charge in [0.2, 0.25) is 5.91 Å². The third kappa shape index (κ3) is 4.35. The summed E-state index contributed by atoms with van der Waals surface area (Å²) in [6.45, 7) is 4.05. The molecule has 27 heavy (non-hydrogen) atoms. The van der Waals surface area contributed by atoms with E-state index in [1.165, 1.54) is 0 Å². The van der Waals surface area contributed by atoms with E-state index in [0.717, 1.165) is 12.2 Å². The van der Waals surface area contributed by atoms with Crippen LogP contribution in [-0.4, -0.2) is 61.3 Å². The number of hydrogen-bond donors (Lipinski definition) is 1. The molecular formula is C18H22F3N3O3. The number of nitrogens with zero attached hydrogens (tertiary/aromatic N) is 2. The molecule has 2 saturated heterocycles. The standard InChI is InChI=1S/C18H22F3N3O3/c1-12-11-27-10-9-23(12)14-6-4-13(5-7-14)22-16(25)15-3-2-8-24(15)17(26)18(19,20)21/h4-7,12,15H,2-3,8-11H2,1H3,(H,22,25). The van der Waals surface area contributed by atoms with E-state index >= 15 is 0 Å². The van der Waals surface area contributed by atoms with E-state index < -0.39 is 24.0 Å². The van der Waals surface area contributed by atoms with Crippen molar-refractivity contribution in [2.45, 2.75) is 38.0 Å². The van der Waals surface area contributed by atoms with Crippen molar-refractivity contribution in [1.29, 1.82) is 0 Å². The Hall–Kier alpha value is -2.29. The van der Waals surface area contributed by atoms with E-state index in [4.69, 9.17) is 4.74 Å². The molecule has 1 N–H and O–H groups in total. The number of nitrogens with one attached hydrogen (secondary N) is 1. The van der Waals surface area contributed by atoms with E-state index in [1.807, 2.05) is 12.1 Å². The average molecular weight is 385 g/mol. The van der Waals surface area contributed by atoms with Gasteiger partial charge in [-0.25, -0.2) is 0 Å². The summed E-state index contributed by atoms with van der Waals surface area (Å²) in [5.41, 5.74) is 1.47. The van der Waals surface area contributed by atoms with Crippen molar-refractivity contribution in [2.24, 2.45) is 0 Å². The number of anilines is 2. The first-order chi connectivity index (χ1) is 12.8. The maximum Gasteiger partial charge on any atom is 0.471 e. The van der Waals surface area contributed by atoms with E-state index in [2.05, 4.69) is 17.1 Å². The number of alkyl halides is 3. The Balaban J connectivity index is 1.64. The van der Waals surface area contributed by atoms with Crippen LogP contribution in [0.2, 0.25) is 0 Å². The summed E-state index contributed by atoms with van der Waals surface area (Å²) >= 11 is 0. The number of ether oxygens (including phenoxy) is 1. The number of halogens is 3. The Morgan fingerprint density at radius 2 is 1.89 bits per heavy atom. The highest BCUT2D eigenvalue weighted by molar-refractivity contribution is 5.98. The molecule has 3 rings (SSSR count). The van der Waals surface area contributed by atoms with Crippen molar-refractivity contribution < 1.29 is 27.5 Å². The van der Waals surface area contributed by atoms with Crippen LogP contribution >= 0.6 is 0 Å². The smallest absolute Gasteiger partial charge is 0.377 e. The average Bonchev–Trinajstić information content (AvgIpc) is 3.11. The summed E-state index contributed by atoms with van der Waals surface area (Å²) < 4.78 is 43.5. The highest BCUT2D eigenvalue weighted by Gasteiger charge is 2.47. The SMILES string of the molecule is CC1COCCN1c1ccc(NC(=O)C2CCCN2C(=O)C(F)(F)F)cc1. The van der Waals surface area contributed by atoms with Gasteiger partial charge in [0.1, 0.15) is 6.04 Å². The molecule has 0 aliphatic carbocycles. The van der Waals surface area contributed by atoms with Gasteiger partial charge in [-0.2, -0.15) is 13.2 Å². The molecular weight excluding hydrogens is 363 g/mol. The van der Waals surface area contributed by atoms with Gasteiger partial charge in [0.15, 0.2) is 0 Å². The topological polar surface area (TPSA) is 61.9 Å². The zero-order chi connectivity index (χ0) is 19.6. The van der Waals surface area contributed by atoms with Crippen molar-refractivity contribution in [2.75, 3.05) is 36.5 Å². The normalized spacial score (nSPS) is 23.4. The zero-order valence-corrected chi connectivity index (χ0v) is 15.0. The third-order valence-electron chi connectivity index (χ3n) is 4.89. The van der Waals surface area contributed by atoms with E-state index in [9.17, 15) is 22.8 Å². The minimum atomic E-state index is -4.97. The molecule has 2 aliphatic heterocycles. The molecule has 2 heterocycles. The van der Waals surface area contributed by atoms with Crippen LogP contribution in [0.1, 0.15) is 19.8 Å². The summed E-state index contributed by atoms with van der Waals surface area (Å²) in [7, 11) is 0. The number of benzene rings is 1. The largest absolute Gasteiger partial charge is 0.471 e. The van der Waals surface area contributed by atoms with Gasteiger partial charge in [-0.1, -0.05) is 0 Å². The Kier molecular flexibility index (Phi) is 5.59. The monoisotopic (exact) mass is 385 g/mol. The van der Waals surface area contributed by atoms with Crippen molar-refractivity contribution in [3.05, 3.63) is 24.3 Å². The molecule has 0 spiro atoms. The Morgan fingerprint density at radius 1 is 1.19 bits per heavy atom. The van der Waals surface area contributed by atoms with E-state index in [0.29, 0.717) is 30.2 Å². The predicted octanol–water partition coefficient (Wildman–Crippen LogP) is 2.40. The second-order valence-corrected chi connectivity index (χ2v) is 6.81. The Labute approximate surface area is 155 Å². The quantitative estimate of drug-likeness (QED) is 0.868. The summed E-state index contributed by atoms with van der Waals surface area (Å²) in [6, 6.07) is 6.26. The summed E-state index contributed by atoms with van der Waals surface area (Å²) in [5, 5.41) is 2.62. The van der Waals surface area contributed by atoms with Crippen LogP contribution in [0.15, 0.2) is 24.3 Å². The number of rotatable bonds is 3. The van der Waals surface area contributed by atoms with Gasteiger partial charge in [-0.15, -0.1) is 0 Å². The second kappa shape index (κ2) is 7.75. The molecule has 9 heteroatoms. The molecule has 148 valence electrons. The fourth-order valence-corrected chi connectivity index (χ4v) is 3.52. The molecule has 1 aromatic rings. The first kappa shape index (κ1) is 19.5. The summed E-state index contributed by atoms with van der Waals surface area (Å²) in [4.78, 5) is 26.7. The number of likely N-dealkylation sites (tertiary alicyclic amines) is 1. The lowest BCUT2D eigenvalue weighted by Crippen LogP contribution is -2.48. The molecule has 2 amide bonds. The van der Waals surface area contributed by atoms with Crippen LogP contribution < -0.4 is 10.2 Å². The summed E-state index contributed by atoms with van der Waals surface area (Å²) in [6.07, 6.45) is -4.38. The molecule has 2 aliphatic rings. The van der Waals surface area contributed by atoms with Gasteiger partial charge in [-0.3, -0.25) is 9.59 Å². The minimum Gasteiger partial charge on any atom is -0.377 e. The highest BCUT2D eigenvalue weighted by atomic mass is 19.4. The molecule has 0 bridgehead atoms. The maximum atomic E-state index is 12.7.